The highest BCUT2D eigenvalue weighted by Gasteiger charge is 2.44. The largest absolute Gasteiger partial charge is 0.394 e. The molecule has 0 spiro atoms. The summed E-state index contributed by atoms with van der Waals surface area (Å²) in [5.74, 6) is 1.73. The van der Waals surface area contributed by atoms with Crippen LogP contribution in [0.4, 0.5) is 0 Å². The summed E-state index contributed by atoms with van der Waals surface area (Å²) >= 11 is 1.73. The molecule has 2 aliphatic rings. The zero-order valence-electron chi connectivity index (χ0n) is 7.38. The van der Waals surface area contributed by atoms with Crippen LogP contribution in [0.25, 0.3) is 0 Å². The highest BCUT2D eigenvalue weighted by molar-refractivity contribution is 7.99. The fraction of sp³-hybridized carbons (Fsp3) is 0.875. The fourth-order valence-corrected chi connectivity index (χ4v) is 2.33. The molecule has 2 rings (SSSR count). The van der Waals surface area contributed by atoms with E-state index in [1.165, 1.54) is 0 Å². The molecule has 3 N–H and O–H groups in total. The van der Waals surface area contributed by atoms with Crippen LogP contribution in [-0.4, -0.2) is 40.8 Å². The molecule has 4 nitrogen and oxygen atoms in total. The maximum absolute atomic E-state index is 11.6. The normalized spacial score (nSPS) is 30.1. The van der Waals surface area contributed by atoms with Crippen molar-refractivity contribution in [3.8, 4) is 0 Å². The van der Waals surface area contributed by atoms with E-state index in [1.54, 1.807) is 11.8 Å². The SMILES string of the molecule is O=C(NC1(CO)CC1)C1CSCN1. The van der Waals surface area contributed by atoms with Crippen molar-refractivity contribution in [2.75, 3.05) is 18.2 Å². The Labute approximate surface area is 81.5 Å². The molecule has 1 heterocycles. The number of hydrogen-bond acceptors (Lipinski definition) is 4. The number of carbonyl (C=O) groups excluding carboxylic acids is 1. The van der Waals surface area contributed by atoms with Gasteiger partial charge in [0.1, 0.15) is 0 Å². The van der Waals surface area contributed by atoms with Crippen LogP contribution in [0.1, 0.15) is 12.8 Å². The molecule has 1 aliphatic carbocycles. The third-order valence-corrected chi connectivity index (χ3v) is 3.52. The molecule has 1 saturated heterocycles. The van der Waals surface area contributed by atoms with Gasteiger partial charge in [-0.3, -0.25) is 10.1 Å². The van der Waals surface area contributed by atoms with Crippen molar-refractivity contribution in [1.29, 1.82) is 0 Å². The highest BCUT2D eigenvalue weighted by atomic mass is 32.2. The minimum Gasteiger partial charge on any atom is -0.394 e. The number of thioether (sulfide) groups is 1. The number of nitrogens with one attached hydrogen (secondary N) is 2. The van der Waals surface area contributed by atoms with Gasteiger partial charge in [0.05, 0.1) is 18.2 Å². The van der Waals surface area contributed by atoms with E-state index in [0.29, 0.717) is 0 Å². The predicted molar refractivity (Wildman–Crippen MR) is 51.4 cm³/mol. The average molecular weight is 202 g/mol. The van der Waals surface area contributed by atoms with Gasteiger partial charge in [-0.15, -0.1) is 11.8 Å². The van der Waals surface area contributed by atoms with Gasteiger partial charge in [-0.2, -0.15) is 0 Å². The first-order valence-electron chi connectivity index (χ1n) is 4.50. The van der Waals surface area contributed by atoms with Gasteiger partial charge in [-0.1, -0.05) is 0 Å². The van der Waals surface area contributed by atoms with E-state index >= 15 is 0 Å². The van der Waals surface area contributed by atoms with Gasteiger partial charge in [-0.25, -0.2) is 0 Å². The third-order valence-electron chi connectivity index (χ3n) is 2.58. The number of rotatable bonds is 3. The van der Waals surface area contributed by atoms with E-state index < -0.39 is 0 Å². The molecule has 1 atom stereocenters. The smallest absolute Gasteiger partial charge is 0.238 e. The van der Waals surface area contributed by atoms with Crippen LogP contribution < -0.4 is 10.6 Å². The predicted octanol–water partition coefficient (Wildman–Crippen LogP) is -0.710. The standard InChI is InChI=1S/C8H14N2O2S/c11-4-8(1-2-8)10-7(12)6-3-13-5-9-6/h6,9,11H,1-5H2,(H,10,12). The van der Waals surface area contributed by atoms with Crippen molar-refractivity contribution in [2.45, 2.75) is 24.4 Å². The Kier molecular flexibility index (Phi) is 2.49. The minimum atomic E-state index is -0.272. The monoisotopic (exact) mass is 202 g/mol. The second kappa shape index (κ2) is 3.48. The van der Waals surface area contributed by atoms with Crippen molar-refractivity contribution in [2.24, 2.45) is 0 Å². The quantitative estimate of drug-likeness (QED) is 0.566. The van der Waals surface area contributed by atoms with Gasteiger partial charge in [0.25, 0.3) is 0 Å². The molecule has 2 fully saturated rings. The molecule has 0 radical (unpaired) electrons. The Balaban J connectivity index is 1.84. The van der Waals surface area contributed by atoms with Crippen molar-refractivity contribution in [3.63, 3.8) is 0 Å². The maximum Gasteiger partial charge on any atom is 0.238 e. The maximum atomic E-state index is 11.6. The van der Waals surface area contributed by atoms with Crippen LogP contribution in [-0.2, 0) is 4.79 Å². The van der Waals surface area contributed by atoms with E-state index in [2.05, 4.69) is 10.6 Å². The summed E-state index contributed by atoms with van der Waals surface area (Å²) in [5.41, 5.74) is -0.272. The first kappa shape index (κ1) is 9.30. The molecule has 5 heteroatoms. The molecular weight excluding hydrogens is 188 g/mol. The highest BCUT2D eigenvalue weighted by Crippen LogP contribution is 2.34. The molecule has 0 bridgehead atoms. The zero-order chi connectivity index (χ0) is 9.31. The van der Waals surface area contributed by atoms with Gasteiger partial charge < -0.3 is 10.4 Å². The number of amides is 1. The van der Waals surface area contributed by atoms with Gasteiger partial charge >= 0.3 is 0 Å². The van der Waals surface area contributed by atoms with Gasteiger partial charge in [0, 0.05) is 11.6 Å². The Bertz CT molecular complexity index is 212. The summed E-state index contributed by atoms with van der Waals surface area (Å²) in [6.45, 7) is 0.0681. The topological polar surface area (TPSA) is 61.4 Å². The van der Waals surface area contributed by atoms with E-state index in [0.717, 1.165) is 24.5 Å². The molecule has 0 aromatic rings. The van der Waals surface area contributed by atoms with E-state index in [-0.39, 0.29) is 24.1 Å². The van der Waals surface area contributed by atoms with Crippen molar-refractivity contribution in [3.05, 3.63) is 0 Å². The lowest BCUT2D eigenvalue weighted by Gasteiger charge is -2.17. The number of hydrogen-bond donors (Lipinski definition) is 3. The number of aliphatic hydroxyl groups is 1. The van der Waals surface area contributed by atoms with Gasteiger partial charge in [0.2, 0.25) is 5.91 Å². The second-order valence-corrected chi connectivity index (χ2v) is 4.73. The molecular formula is C8H14N2O2S. The van der Waals surface area contributed by atoms with Crippen molar-refractivity contribution >= 4 is 17.7 Å². The summed E-state index contributed by atoms with van der Waals surface area (Å²) in [4.78, 5) is 11.6. The van der Waals surface area contributed by atoms with Crippen molar-refractivity contribution in [1.82, 2.24) is 10.6 Å². The zero-order valence-corrected chi connectivity index (χ0v) is 8.19. The lowest BCUT2D eigenvalue weighted by Crippen LogP contribution is -2.48. The average Bonchev–Trinajstić information content (AvgIpc) is 2.69. The van der Waals surface area contributed by atoms with Crippen LogP contribution >= 0.6 is 11.8 Å². The van der Waals surface area contributed by atoms with Crippen LogP contribution in [0.2, 0.25) is 0 Å². The van der Waals surface area contributed by atoms with Crippen LogP contribution in [0.15, 0.2) is 0 Å². The Morgan fingerprint density at radius 2 is 2.46 bits per heavy atom. The first-order valence-corrected chi connectivity index (χ1v) is 5.65. The molecule has 1 unspecified atom stereocenters. The fourth-order valence-electron chi connectivity index (χ4n) is 1.39. The summed E-state index contributed by atoms with van der Waals surface area (Å²) in [6.07, 6.45) is 1.82. The summed E-state index contributed by atoms with van der Waals surface area (Å²) in [7, 11) is 0. The van der Waals surface area contributed by atoms with Crippen LogP contribution in [0.3, 0.4) is 0 Å². The second-order valence-electron chi connectivity index (χ2n) is 3.70. The van der Waals surface area contributed by atoms with Crippen LogP contribution in [0.5, 0.6) is 0 Å². The molecule has 1 amide bonds. The molecule has 1 aliphatic heterocycles. The van der Waals surface area contributed by atoms with E-state index in [4.69, 9.17) is 5.11 Å². The summed E-state index contributed by atoms with van der Waals surface area (Å²) in [6, 6.07) is -0.0611. The van der Waals surface area contributed by atoms with Crippen LogP contribution in [0, 0.1) is 0 Å². The number of carbonyl (C=O) groups is 1. The number of aliphatic hydroxyl groups excluding tert-OH is 1. The molecule has 13 heavy (non-hydrogen) atoms. The summed E-state index contributed by atoms with van der Waals surface area (Å²) in [5, 5.41) is 15.0. The molecule has 0 aromatic carbocycles. The van der Waals surface area contributed by atoms with Gasteiger partial charge in [0.15, 0.2) is 0 Å². The minimum absolute atomic E-state index is 0.0385. The molecule has 1 saturated carbocycles. The summed E-state index contributed by atoms with van der Waals surface area (Å²) < 4.78 is 0. The Hall–Kier alpha value is -0.260. The Morgan fingerprint density at radius 3 is 2.92 bits per heavy atom. The Morgan fingerprint density at radius 1 is 1.69 bits per heavy atom. The van der Waals surface area contributed by atoms with E-state index in [9.17, 15) is 4.79 Å². The lowest BCUT2D eigenvalue weighted by atomic mass is 10.2. The van der Waals surface area contributed by atoms with Crippen molar-refractivity contribution < 1.29 is 9.90 Å². The van der Waals surface area contributed by atoms with E-state index in [1.807, 2.05) is 0 Å². The lowest BCUT2D eigenvalue weighted by molar-refractivity contribution is -0.123. The first-order chi connectivity index (χ1) is 6.26. The van der Waals surface area contributed by atoms with Gasteiger partial charge in [-0.05, 0) is 12.8 Å². The third kappa shape index (κ3) is 1.98. The molecule has 0 aromatic heterocycles. The molecule has 74 valence electrons.